The molecule has 1 aliphatic rings. The third-order valence-corrected chi connectivity index (χ3v) is 3.63. The summed E-state index contributed by atoms with van der Waals surface area (Å²) in [5.74, 6) is 1.01. The zero-order valence-corrected chi connectivity index (χ0v) is 9.19. The molecule has 0 amide bonds. The van der Waals surface area contributed by atoms with Crippen molar-refractivity contribution in [3.63, 3.8) is 0 Å². The van der Waals surface area contributed by atoms with Gasteiger partial charge in [0.1, 0.15) is 11.8 Å². The van der Waals surface area contributed by atoms with Gasteiger partial charge in [-0.25, -0.2) is 0 Å². The van der Waals surface area contributed by atoms with Crippen LogP contribution in [-0.2, 0) is 0 Å². The smallest absolute Gasteiger partial charge is 0.111 e. The van der Waals surface area contributed by atoms with E-state index in [9.17, 15) is 5.11 Å². The summed E-state index contributed by atoms with van der Waals surface area (Å²) in [5.41, 5.74) is 0.695. The molecule has 2 N–H and O–H groups in total. The number of nitrogens with zero attached hydrogens (tertiary/aromatic N) is 2. The van der Waals surface area contributed by atoms with Gasteiger partial charge in [0.25, 0.3) is 0 Å². The summed E-state index contributed by atoms with van der Waals surface area (Å²) >= 11 is 0. The summed E-state index contributed by atoms with van der Waals surface area (Å²) in [4.78, 5) is 0. The van der Waals surface area contributed by atoms with Crippen LogP contribution in [0.5, 0.6) is 0 Å². The van der Waals surface area contributed by atoms with Crippen LogP contribution in [0.25, 0.3) is 0 Å². The van der Waals surface area contributed by atoms with E-state index in [4.69, 9.17) is 0 Å². The van der Waals surface area contributed by atoms with E-state index in [-0.39, 0.29) is 0 Å². The highest BCUT2D eigenvalue weighted by molar-refractivity contribution is 5.00. The van der Waals surface area contributed by atoms with Crippen LogP contribution in [0.3, 0.4) is 0 Å². The Bertz CT molecular complexity index is 286. The third-order valence-electron chi connectivity index (χ3n) is 3.63. The molecule has 3 unspecified atom stereocenters. The first-order valence-corrected chi connectivity index (χ1v) is 5.86. The van der Waals surface area contributed by atoms with Gasteiger partial charge in [-0.2, -0.15) is 15.4 Å². The summed E-state index contributed by atoms with van der Waals surface area (Å²) in [5, 5.41) is 20.5. The number of aliphatic hydroxyl groups is 1. The second-order valence-corrected chi connectivity index (χ2v) is 4.46. The molecule has 1 aromatic heterocycles. The maximum atomic E-state index is 10.2. The molecular weight excluding hydrogens is 190 g/mol. The first kappa shape index (κ1) is 10.6. The number of nitrogens with one attached hydrogen (secondary N) is 1. The van der Waals surface area contributed by atoms with E-state index in [1.165, 1.54) is 19.3 Å². The fourth-order valence-electron chi connectivity index (χ4n) is 2.73. The number of H-pyrrole nitrogens is 1. The van der Waals surface area contributed by atoms with Crippen LogP contribution in [0.15, 0.2) is 6.20 Å². The normalized spacial score (nSPS) is 28.9. The van der Waals surface area contributed by atoms with Gasteiger partial charge in [-0.1, -0.05) is 32.6 Å². The second kappa shape index (κ2) is 4.75. The van der Waals surface area contributed by atoms with Crippen molar-refractivity contribution in [2.24, 2.45) is 11.8 Å². The Morgan fingerprint density at radius 1 is 1.53 bits per heavy atom. The predicted molar refractivity (Wildman–Crippen MR) is 57.1 cm³/mol. The predicted octanol–water partition coefficient (Wildman–Crippen LogP) is 2.05. The minimum absolute atomic E-state index is 0.369. The molecule has 0 bridgehead atoms. The third kappa shape index (κ3) is 2.20. The summed E-state index contributed by atoms with van der Waals surface area (Å²) in [6.07, 6.45) is 7.25. The number of aliphatic hydroxyl groups excluding tert-OH is 1. The fourth-order valence-corrected chi connectivity index (χ4v) is 2.73. The highest BCUT2D eigenvalue weighted by Gasteiger charge is 2.31. The first-order chi connectivity index (χ1) is 7.33. The standard InChI is InChI=1S/C11H19N3O/c1-2-8-5-3-4-6-9(8)11(15)10-7-12-14-13-10/h7-9,11,15H,2-6H2,1H3,(H,12,13,14). The number of hydrogen-bond donors (Lipinski definition) is 2. The van der Waals surface area contributed by atoms with Gasteiger partial charge in [-0.05, 0) is 18.3 Å². The lowest BCUT2D eigenvalue weighted by Gasteiger charge is -2.33. The number of hydrogen-bond acceptors (Lipinski definition) is 3. The van der Waals surface area contributed by atoms with Crippen LogP contribution in [0.2, 0.25) is 0 Å². The van der Waals surface area contributed by atoms with Crippen LogP contribution >= 0.6 is 0 Å². The molecule has 0 saturated heterocycles. The molecule has 0 aromatic carbocycles. The summed E-state index contributed by atoms with van der Waals surface area (Å²) in [7, 11) is 0. The molecule has 2 rings (SSSR count). The van der Waals surface area contributed by atoms with Crippen molar-refractivity contribution in [3.05, 3.63) is 11.9 Å². The number of aromatic amines is 1. The van der Waals surface area contributed by atoms with Crippen molar-refractivity contribution < 1.29 is 5.11 Å². The van der Waals surface area contributed by atoms with Crippen molar-refractivity contribution >= 4 is 0 Å². The topological polar surface area (TPSA) is 61.8 Å². The molecule has 1 aliphatic carbocycles. The molecule has 3 atom stereocenters. The molecule has 1 saturated carbocycles. The molecule has 0 aliphatic heterocycles. The molecule has 0 radical (unpaired) electrons. The van der Waals surface area contributed by atoms with E-state index in [0.717, 1.165) is 12.8 Å². The highest BCUT2D eigenvalue weighted by Crippen LogP contribution is 2.39. The molecule has 1 fully saturated rings. The van der Waals surface area contributed by atoms with E-state index in [2.05, 4.69) is 22.3 Å². The lowest BCUT2D eigenvalue weighted by atomic mass is 9.74. The Morgan fingerprint density at radius 3 is 3.00 bits per heavy atom. The minimum atomic E-state index is -0.436. The first-order valence-electron chi connectivity index (χ1n) is 5.86. The van der Waals surface area contributed by atoms with Crippen molar-refractivity contribution in [1.82, 2.24) is 15.4 Å². The van der Waals surface area contributed by atoms with E-state index in [1.54, 1.807) is 6.20 Å². The fraction of sp³-hybridized carbons (Fsp3) is 0.818. The maximum absolute atomic E-state index is 10.2. The monoisotopic (exact) mass is 209 g/mol. The van der Waals surface area contributed by atoms with E-state index in [1.807, 2.05) is 0 Å². The lowest BCUT2D eigenvalue weighted by Crippen LogP contribution is -2.25. The Kier molecular flexibility index (Phi) is 3.36. The molecule has 4 heteroatoms. The van der Waals surface area contributed by atoms with Gasteiger partial charge in [0, 0.05) is 0 Å². The Labute approximate surface area is 90.1 Å². The van der Waals surface area contributed by atoms with Crippen LogP contribution in [0.4, 0.5) is 0 Å². The number of rotatable bonds is 3. The van der Waals surface area contributed by atoms with Crippen molar-refractivity contribution in [2.75, 3.05) is 0 Å². The van der Waals surface area contributed by atoms with Crippen LogP contribution in [-0.4, -0.2) is 20.5 Å². The van der Waals surface area contributed by atoms with Crippen molar-refractivity contribution in [1.29, 1.82) is 0 Å². The Morgan fingerprint density at radius 2 is 2.33 bits per heavy atom. The van der Waals surface area contributed by atoms with Gasteiger partial charge in [0.2, 0.25) is 0 Å². The van der Waals surface area contributed by atoms with Crippen molar-refractivity contribution in [3.8, 4) is 0 Å². The summed E-state index contributed by atoms with van der Waals surface area (Å²) < 4.78 is 0. The highest BCUT2D eigenvalue weighted by atomic mass is 16.3. The minimum Gasteiger partial charge on any atom is -0.386 e. The summed E-state index contributed by atoms with van der Waals surface area (Å²) in [6, 6.07) is 0. The SMILES string of the molecule is CCC1CCCCC1C(O)c1cn[nH]n1. The van der Waals surface area contributed by atoms with Gasteiger partial charge < -0.3 is 5.11 Å². The quantitative estimate of drug-likeness (QED) is 0.801. The van der Waals surface area contributed by atoms with Gasteiger partial charge >= 0.3 is 0 Å². The maximum Gasteiger partial charge on any atom is 0.111 e. The lowest BCUT2D eigenvalue weighted by molar-refractivity contribution is 0.0421. The zero-order valence-electron chi connectivity index (χ0n) is 9.19. The molecular formula is C11H19N3O. The van der Waals surface area contributed by atoms with Crippen LogP contribution in [0.1, 0.15) is 50.8 Å². The van der Waals surface area contributed by atoms with E-state index >= 15 is 0 Å². The van der Waals surface area contributed by atoms with Gasteiger partial charge in [0.15, 0.2) is 0 Å². The largest absolute Gasteiger partial charge is 0.386 e. The average Bonchev–Trinajstić information content (AvgIpc) is 2.81. The van der Waals surface area contributed by atoms with Crippen LogP contribution < -0.4 is 0 Å². The second-order valence-electron chi connectivity index (χ2n) is 4.46. The van der Waals surface area contributed by atoms with Crippen molar-refractivity contribution in [2.45, 2.75) is 45.1 Å². The molecule has 0 spiro atoms. The molecule has 84 valence electrons. The van der Waals surface area contributed by atoms with E-state index in [0.29, 0.717) is 17.5 Å². The van der Waals surface area contributed by atoms with Gasteiger partial charge in [0.05, 0.1) is 6.20 Å². The van der Waals surface area contributed by atoms with E-state index < -0.39 is 6.10 Å². The van der Waals surface area contributed by atoms with Crippen LogP contribution in [0, 0.1) is 11.8 Å². The summed E-state index contributed by atoms with van der Waals surface area (Å²) in [6.45, 7) is 2.21. The average molecular weight is 209 g/mol. The Hall–Kier alpha value is -0.900. The molecule has 1 heterocycles. The zero-order chi connectivity index (χ0) is 10.7. The van der Waals surface area contributed by atoms with Gasteiger partial charge in [-0.3, -0.25) is 0 Å². The molecule has 1 aromatic rings. The molecule has 15 heavy (non-hydrogen) atoms. The van der Waals surface area contributed by atoms with Gasteiger partial charge in [-0.15, -0.1) is 0 Å². The Balaban J connectivity index is 2.07. The number of aromatic nitrogens is 3. The molecule has 4 nitrogen and oxygen atoms in total.